The first kappa shape index (κ1) is 17.4. The Morgan fingerprint density at radius 2 is 2.04 bits per heavy atom. The molecule has 1 amide bonds. The Labute approximate surface area is 144 Å². The van der Waals surface area contributed by atoms with E-state index in [9.17, 15) is 4.79 Å². The maximum absolute atomic E-state index is 12.1. The van der Waals surface area contributed by atoms with Crippen LogP contribution in [-0.2, 0) is 16.1 Å². The average molecular weight is 331 g/mol. The van der Waals surface area contributed by atoms with Gasteiger partial charge in [-0.1, -0.05) is 30.3 Å². The lowest BCUT2D eigenvalue weighted by molar-refractivity contribution is -0.131. The van der Waals surface area contributed by atoms with E-state index >= 15 is 0 Å². The van der Waals surface area contributed by atoms with Crippen molar-refractivity contribution in [3.63, 3.8) is 0 Å². The predicted molar refractivity (Wildman–Crippen MR) is 94.5 cm³/mol. The van der Waals surface area contributed by atoms with Crippen LogP contribution in [0.3, 0.4) is 0 Å². The lowest BCUT2D eigenvalue weighted by atomic mass is 10.0. The van der Waals surface area contributed by atoms with Crippen molar-refractivity contribution in [3.8, 4) is 0 Å². The summed E-state index contributed by atoms with van der Waals surface area (Å²) in [5, 5.41) is 5.12. The minimum atomic E-state index is 0.153. The maximum atomic E-state index is 12.1. The quantitative estimate of drug-likeness (QED) is 0.828. The van der Waals surface area contributed by atoms with Crippen LogP contribution < -0.4 is 5.32 Å². The lowest BCUT2D eigenvalue weighted by Crippen LogP contribution is -2.48. The normalized spacial score (nSPS) is 22.6. The summed E-state index contributed by atoms with van der Waals surface area (Å²) < 4.78 is 0. The van der Waals surface area contributed by atoms with Crippen LogP contribution in [0.5, 0.6) is 0 Å². The molecule has 24 heavy (non-hydrogen) atoms. The molecule has 0 saturated carbocycles. The van der Waals surface area contributed by atoms with Crippen LogP contribution in [0.25, 0.3) is 0 Å². The van der Waals surface area contributed by atoms with Gasteiger partial charge in [0, 0.05) is 38.6 Å². The first-order valence-corrected chi connectivity index (χ1v) is 9.23. The Hall–Kier alpha value is -1.43. The molecule has 5 nitrogen and oxygen atoms in total. The summed E-state index contributed by atoms with van der Waals surface area (Å²) in [7, 11) is 0. The van der Waals surface area contributed by atoms with E-state index < -0.39 is 0 Å². The second kappa shape index (κ2) is 9.16. The van der Waals surface area contributed by atoms with Crippen molar-refractivity contribution in [3.05, 3.63) is 35.9 Å². The fraction of sp³-hybridized carbons (Fsp3) is 0.632. The van der Waals surface area contributed by atoms with E-state index in [-0.39, 0.29) is 5.91 Å². The van der Waals surface area contributed by atoms with E-state index in [2.05, 4.69) is 40.5 Å². The number of hydrogen-bond acceptors (Lipinski definition) is 4. The fourth-order valence-corrected chi connectivity index (χ4v) is 3.51. The maximum Gasteiger partial charge on any atom is 0.221 e. The van der Waals surface area contributed by atoms with Gasteiger partial charge in [-0.2, -0.15) is 5.06 Å². The third-order valence-electron chi connectivity index (χ3n) is 4.84. The largest absolute Gasteiger partial charge is 0.352 e. The van der Waals surface area contributed by atoms with Gasteiger partial charge in [0.25, 0.3) is 0 Å². The molecule has 2 aliphatic heterocycles. The first-order chi connectivity index (χ1) is 11.8. The van der Waals surface area contributed by atoms with E-state index in [1.54, 1.807) is 0 Å². The number of benzene rings is 1. The summed E-state index contributed by atoms with van der Waals surface area (Å²) in [4.78, 5) is 20.0. The molecule has 0 aromatic heterocycles. The first-order valence-electron chi connectivity index (χ1n) is 9.23. The SMILES string of the molecule is O=C(CCN1CCCO1)N[C@@H]1CCCN(CCc2ccccc2)C1. The molecular weight excluding hydrogens is 302 g/mol. The average Bonchev–Trinajstić information content (AvgIpc) is 3.13. The highest BCUT2D eigenvalue weighted by Gasteiger charge is 2.21. The third-order valence-corrected chi connectivity index (χ3v) is 4.84. The molecule has 1 aromatic rings. The Morgan fingerprint density at radius 3 is 2.83 bits per heavy atom. The van der Waals surface area contributed by atoms with Gasteiger partial charge in [-0.3, -0.25) is 9.63 Å². The minimum absolute atomic E-state index is 0.153. The number of likely N-dealkylation sites (tertiary alicyclic amines) is 1. The van der Waals surface area contributed by atoms with E-state index in [4.69, 9.17) is 4.84 Å². The highest BCUT2D eigenvalue weighted by molar-refractivity contribution is 5.76. The summed E-state index contributed by atoms with van der Waals surface area (Å²) in [5.74, 6) is 0.153. The van der Waals surface area contributed by atoms with Gasteiger partial charge in [0.15, 0.2) is 0 Å². The Kier molecular flexibility index (Phi) is 6.64. The summed E-state index contributed by atoms with van der Waals surface area (Å²) in [6.07, 6.45) is 4.93. The van der Waals surface area contributed by atoms with Gasteiger partial charge in [-0.15, -0.1) is 0 Å². The zero-order valence-corrected chi connectivity index (χ0v) is 14.5. The van der Waals surface area contributed by atoms with Crippen molar-refractivity contribution < 1.29 is 9.63 Å². The molecule has 132 valence electrons. The number of carbonyl (C=O) groups is 1. The molecule has 2 aliphatic rings. The van der Waals surface area contributed by atoms with Gasteiger partial charge >= 0.3 is 0 Å². The van der Waals surface area contributed by atoms with Crippen LogP contribution >= 0.6 is 0 Å². The molecule has 0 aliphatic carbocycles. The van der Waals surface area contributed by atoms with Crippen LogP contribution in [0.15, 0.2) is 30.3 Å². The molecule has 1 aromatic carbocycles. The van der Waals surface area contributed by atoms with Crippen molar-refractivity contribution in [2.24, 2.45) is 0 Å². The second-order valence-electron chi connectivity index (χ2n) is 6.81. The summed E-state index contributed by atoms with van der Waals surface area (Å²) in [6.45, 7) is 5.62. The lowest BCUT2D eigenvalue weighted by Gasteiger charge is -2.33. The molecule has 5 heteroatoms. The van der Waals surface area contributed by atoms with Crippen LogP contribution in [0.4, 0.5) is 0 Å². The Balaban J connectivity index is 1.36. The number of nitrogens with zero attached hydrogens (tertiary/aromatic N) is 2. The molecule has 2 heterocycles. The smallest absolute Gasteiger partial charge is 0.221 e. The second-order valence-corrected chi connectivity index (χ2v) is 6.81. The van der Waals surface area contributed by atoms with Gasteiger partial charge in [0.1, 0.15) is 0 Å². The highest BCUT2D eigenvalue weighted by Crippen LogP contribution is 2.12. The van der Waals surface area contributed by atoms with Crippen LogP contribution in [0, 0.1) is 0 Å². The van der Waals surface area contributed by atoms with Crippen molar-refractivity contribution >= 4 is 5.91 Å². The number of hydrogen-bond donors (Lipinski definition) is 1. The predicted octanol–water partition coefficient (Wildman–Crippen LogP) is 1.84. The van der Waals surface area contributed by atoms with Gasteiger partial charge in [0.2, 0.25) is 5.91 Å². The summed E-state index contributed by atoms with van der Waals surface area (Å²) in [6, 6.07) is 10.9. The molecular formula is C19H29N3O2. The molecule has 2 fully saturated rings. The number of rotatable bonds is 7. The topological polar surface area (TPSA) is 44.8 Å². The van der Waals surface area contributed by atoms with Crippen molar-refractivity contribution in [1.82, 2.24) is 15.3 Å². The summed E-state index contributed by atoms with van der Waals surface area (Å²) in [5.41, 5.74) is 1.38. The number of nitrogens with one attached hydrogen (secondary N) is 1. The van der Waals surface area contributed by atoms with Crippen LogP contribution in [0.2, 0.25) is 0 Å². The summed E-state index contributed by atoms with van der Waals surface area (Å²) >= 11 is 0. The zero-order valence-electron chi connectivity index (χ0n) is 14.5. The number of hydroxylamine groups is 2. The zero-order chi connectivity index (χ0) is 16.6. The molecule has 0 spiro atoms. The van der Waals surface area contributed by atoms with Crippen molar-refractivity contribution in [1.29, 1.82) is 0 Å². The molecule has 0 unspecified atom stereocenters. The van der Waals surface area contributed by atoms with E-state index in [1.807, 2.05) is 5.06 Å². The van der Waals surface area contributed by atoms with E-state index in [0.717, 1.165) is 58.5 Å². The Bertz CT molecular complexity index is 503. The number of piperidine rings is 1. The fourth-order valence-electron chi connectivity index (χ4n) is 3.51. The van der Waals surface area contributed by atoms with E-state index in [0.29, 0.717) is 19.0 Å². The molecule has 0 bridgehead atoms. The Morgan fingerprint density at radius 1 is 1.17 bits per heavy atom. The minimum Gasteiger partial charge on any atom is -0.352 e. The standard InChI is InChI=1S/C19H29N3O2/c23-19(10-14-22-12-5-15-24-22)20-18-8-4-11-21(16-18)13-9-17-6-2-1-3-7-17/h1-3,6-7,18H,4-5,8-16H2,(H,20,23)/t18-/m1/s1. The van der Waals surface area contributed by atoms with Gasteiger partial charge < -0.3 is 10.2 Å². The van der Waals surface area contributed by atoms with Crippen LogP contribution in [0.1, 0.15) is 31.2 Å². The molecule has 0 radical (unpaired) electrons. The number of amides is 1. The highest BCUT2D eigenvalue weighted by atomic mass is 16.7. The monoisotopic (exact) mass is 331 g/mol. The van der Waals surface area contributed by atoms with Crippen molar-refractivity contribution in [2.75, 3.05) is 39.3 Å². The van der Waals surface area contributed by atoms with E-state index in [1.165, 1.54) is 5.56 Å². The van der Waals surface area contributed by atoms with Gasteiger partial charge in [-0.25, -0.2) is 0 Å². The van der Waals surface area contributed by atoms with Gasteiger partial charge in [0.05, 0.1) is 6.61 Å². The molecule has 2 saturated heterocycles. The third kappa shape index (κ3) is 5.58. The molecule has 1 N–H and O–H groups in total. The molecule has 1 atom stereocenters. The molecule has 3 rings (SSSR count). The van der Waals surface area contributed by atoms with Crippen LogP contribution in [-0.4, -0.2) is 61.2 Å². The number of carbonyl (C=O) groups excluding carboxylic acids is 1. The van der Waals surface area contributed by atoms with Gasteiger partial charge in [-0.05, 0) is 37.8 Å². The van der Waals surface area contributed by atoms with Crippen molar-refractivity contribution in [2.45, 2.75) is 38.1 Å².